The molecular weight excluding hydrogens is 218 g/mol. The number of hydrogen-bond acceptors (Lipinski definition) is 0. The minimum absolute atomic E-state index is 0.603. The van der Waals surface area contributed by atoms with Gasteiger partial charge in [0.05, 0.1) is 0 Å². The first-order chi connectivity index (χ1) is 8.25. The second-order valence-corrected chi connectivity index (χ2v) is 3.52. The quantitative estimate of drug-likeness (QED) is 0.648. The van der Waals surface area contributed by atoms with Gasteiger partial charge in [0.15, 0.2) is 0 Å². The Bertz CT molecular complexity index is 548. The molecule has 2 aromatic carbocycles. The molecule has 0 atom stereocenters. The van der Waals surface area contributed by atoms with Gasteiger partial charge >= 0.3 is 0 Å². The van der Waals surface area contributed by atoms with Crippen LogP contribution in [0.3, 0.4) is 0 Å². The van der Waals surface area contributed by atoms with Crippen LogP contribution in [0.15, 0.2) is 54.6 Å². The lowest BCUT2D eigenvalue weighted by molar-refractivity contribution is 0.215. The molecule has 0 radical (unpaired) electrons. The van der Waals surface area contributed by atoms with Gasteiger partial charge in [-0.05, 0) is 29.2 Å². The normalized spacial score (nSPS) is 9.82. The molecule has 0 N–H and O–H groups in total. The van der Waals surface area contributed by atoms with Crippen LogP contribution < -0.4 is 0 Å². The number of hydrogen-bond donors (Lipinski definition) is 0. The lowest BCUT2D eigenvalue weighted by atomic mass is 10.0. The topological polar surface area (TPSA) is 0 Å². The molecule has 17 heavy (non-hydrogen) atoms. The van der Waals surface area contributed by atoms with Crippen LogP contribution in [-0.4, -0.2) is 6.43 Å². The van der Waals surface area contributed by atoms with E-state index in [2.05, 4.69) is 5.92 Å². The molecular formula is C15H10F2. The second-order valence-electron chi connectivity index (χ2n) is 3.52. The summed E-state index contributed by atoms with van der Waals surface area (Å²) in [5.41, 5.74) is 2.63. The number of benzene rings is 2. The molecule has 0 nitrogen and oxygen atoms in total. The molecule has 84 valence electrons. The smallest absolute Gasteiger partial charge is 0.196 e. The summed E-state index contributed by atoms with van der Waals surface area (Å²) in [5, 5.41) is 0. The first-order valence-electron chi connectivity index (χ1n) is 5.21. The predicted octanol–water partition coefficient (Wildman–Crippen LogP) is 3.97. The maximum absolute atomic E-state index is 12.0. The average molecular weight is 228 g/mol. The molecule has 0 aliphatic rings. The summed E-state index contributed by atoms with van der Waals surface area (Å²) in [7, 11) is 0. The van der Waals surface area contributed by atoms with Gasteiger partial charge in [-0.15, -0.1) is 0 Å². The fourth-order valence-electron chi connectivity index (χ4n) is 1.55. The van der Waals surface area contributed by atoms with E-state index in [-0.39, 0.29) is 0 Å². The summed E-state index contributed by atoms with van der Waals surface area (Å²) in [6, 6.07) is 17.0. The first-order valence-corrected chi connectivity index (χ1v) is 5.21. The zero-order valence-electron chi connectivity index (χ0n) is 9.03. The van der Waals surface area contributed by atoms with Crippen molar-refractivity contribution in [3.8, 4) is 23.0 Å². The summed E-state index contributed by atoms with van der Waals surface area (Å²) in [6.07, 6.45) is -2.59. The molecule has 0 bridgehead atoms. The Morgan fingerprint density at radius 1 is 0.824 bits per heavy atom. The van der Waals surface area contributed by atoms with Gasteiger partial charge in [0, 0.05) is 5.56 Å². The van der Waals surface area contributed by atoms with Crippen LogP contribution in [0, 0.1) is 11.8 Å². The summed E-state index contributed by atoms with van der Waals surface area (Å²) in [5.74, 6) is 4.31. The van der Waals surface area contributed by atoms with E-state index in [0.29, 0.717) is 5.56 Å². The van der Waals surface area contributed by atoms with Gasteiger partial charge in [0.25, 0.3) is 6.43 Å². The van der Waals surface area contributed by atoms with E-state index in [9.17, 15) is 8.78 Å². The van der Waals surface area contributed by atoms with Crippen LogP contribution in [0.5, 0.6) is 0 Å². The van der Waals surface area contributed by atoms with Crippen molar-refractivity contribution >= 4 is 0 Å². The van der Waals surface area contributed by atoms with Gasteiger partial charge in [-0.1, -0.05) is 48.4 Å². The van der Waals surface area contributed by atoms with Crippen molar-refractivity contribution < 1.29 is 8.78 Å². The number of halogens is 2. The molecule has 2 heteroatoms. The van der Waals surface area contributed by atoms with Crippen molar-refractivity contribution in [2.24, 2.45) is 0 Å². The molecule has 0 aliphatic heterocycles. The molecule has 0 amide bonds. The molecule has 0 heterocycles. The third-order valence-electron chi connectivity index (χ3n) is 2.30. The Hall–Kier alpha value is -2.14. The first kappa shape index (κ1) is 11.3. The van der Waals surface area contributed by atoms with E-state index in [0.717, 1.165) is 11.1 Å². The van der Waals surface area contributed by atoms with Crippen molar-refractivity contribution in [3.63, 3.8) is 0 Å². The van der Waals surface area contributed by atoms with Gasteiger partial charge in [-0.2, -0.15) is 8.78 Å². The van der Waals surface area contributed by atoms with Crippen molar-refractivity contribution in [1.29, 1.82) is 0 Å². The van der Waals surface area contributed by atoms with Gasteiger partial charge in [-0.3, -0.25) is 0 Å². The number of alkyl halides is 2. The van der Waals surface area contributed by atoms with Crippen LogP contribution in [-0.2, 0) is 0 Å². The summed E-state index contributed by atoms with van der Waals surface area (Å²) < 4.78 is 23.9. The summed E-state index contributed by atoms with van der Waals surface area (Å²) >= 11 is 0. The minimum atomic E-state index is -2.59. The van der Waals surface area contributed by atoms with Crippen LogP contribution in [0.4, 0.5) is 8.78 Å². The van der Waals surface area contributed by atoms with Crippen LogP contribution in [0.1, 0.15) is 5.56 Å². The predicted molar refractivity (Wildman–Crippen MR) is 64.8 cm³/mol. The molecule has 0 fully saturated rings. The largest absolute Gasteiger partial charge is 0.299 e. The van der Waals surface area contributed by atoms with E-state index in [1.54, 1.807) is 6.07 Å². The summed E-state index contributed by atoms with van der Waals surface area (Å²) in [4.78, 5) is 0. The average Bonchev–Trinajstić information content (AvgIpc) is 2.38. The van der Waals surface area contributed by atoms with Crippen molar-refractivity contribution in [2.75, 3.05) is 0 Å². The van der Waals surface area contributed by atoms with Gasteiger partial charge in [0.1, 0.15) is 0 Å². The lowest BCUT2D eigenvalue weighted by Crippen LogP contribution is -1.83. The molecule has 0 spiro atoms. The zero-order valence-corrected chi connectivity index (χ0v) is 9.03. The molecule has 0 saturated carbocycles. The molecule has 2 rings (SSSR count). The SMILES string of the molecule is FC(F)C#Cc1cccc(-c2ccccc2)c1. The molecule has 0 unspecified atom stereocenters. The highest BCUT2D eigenvalue weighted by Crippen LogP contribution is 2.19. The van der Waals surface area contributed by atoms with E-state index < -0.39 is 6.43 Å². The highest BCUT2D eigenvalue weighted by Gasteiger charge is 1.97. The molecule has 0 aromatic heterocycles. The molecule has 2 aromatic rings. The fraction of sp³-hybridized carbons (Fsp3) is 0.0667. The highest BCUT2D eigenvalue weighted by atomic mass is 19.3. The second kappa shape index (κ2) is 5.27. The maximum Gasteiger partial charge on any atom is 0.299 e. The Morgan fingerprint density at radius 3 is 2.24 bits per heavy atom. The van der Waals surface area contributed by atoms with Crippen LogP contribution in [0.25, 0.3) is 11.1 Å². The van der Waals surface area contributed by atoms with E-state index in [1.165, 1.54) is 0 Å². The monoisotopic (exact) mass is 228 g/mol. The third kappa shape index (κ3) is 3.15. The standard InChI is InChI=1S/C15H10F2/c16-15(17)10-9-12-5-4-8-14(11-12)13-6-2-1-3-7-13/h1-8,11,15H. The van der Waals surface area contributed by atoms with E-state index in [4.69, 9.17) is 0 Å². The Kier molecular flexibility index (Phi) is 3.52. The Morgan fingerprint density at radius 2 is 1.53 bits per heavy atom. The van der Waals surface area contributed by atoms with Crippen LogP contribution >= 0.6 is 0 Å². The Balaban J connectivity index is 2.33. The van der Waals surface area contributed by atoms with Gasteiger partial charge in [-0.25, -0.2) is 0 Å². The maximum atomic E-state index is 12.0. The van der Waals surface area contributed by atoms with Crippen molar-refractivity contribution in [1.82, 2.24) is 0 Å². The van der Waals surface area contributed by atoms with Gasteiger partial charge in [0.2, 0.25) is 0 Å². The highest BCUT2D eigenvalue weighted by molar-refractivity contribution is 5.65. The fourth-order valence-corrected chi connectivity index (χ4v) is 1.55. The minimum Gasteiger partial charge on any atom is -0.196 e. The summed E-state index contributed by atoms with van der Waals surface area (Å²) in [6.45, 7) is 0. The van der Waals surface area contributed by atoms with Crippen LogP contribution in [0.2, 0.25) is 0 Å². The van der Waals surface area contributed by atoms with Crippen molar-refractivity contribution in [2.45, 2.75) is 6.43 Å². The Labute approximate surface area is 98.9 Å². The molecule has 0 aliphatic carbocycles. The van der Waals surface area contributed by atoms with E-state index >= 15 is 0 Å². The zero-order chi connectivity index (χ0) is 12.1. The number of rotatable bonds is 1. The van der Waals surface area contributed by atoms with Crippen molar-refractivity contribution in [3.05, 3.63) is 60.2 Å². The lowest BCUT2D eigenvalue weighted by Gasteiger charge is -2.01. The van der Waals surface area contributed by atoms with Gasteiger partial charge < -0.3 is 0 Å². The van der Waals surface area contributed by atoms with E-state index in [1.807, 2.05) is 54.5 Å². The third-order valence-corrected chi connectivity index (χ3v) is 2.30. The molecule has 0 saturated heterocycles.